The Balaban J connectivity index is 0.0000149. The molecule has 4 fully saturated rings. The summed E-state index contributed by atoms with van der Waals surface area (Å²) in [4.78, 5) is 123. The van der Waals surface area contributed by atoms with E-state index in [0.717, 1.165) is 87.8 Å². The molecule has 128 heavy (non-hydrogen) atoms. The molecule has 35 nitrogen and oxygen atoms in total. The van der Waals surface area contributed by atoms with Crippen LogP contribution >= 0.6 is 23.2 Å². The van der Waals surface area contributed by atoms with Gasteiger partial charge in [-0.15, -0.1) is 0 Å². The van der Waals surface area contributed by atoms with E-state index in [1.165, 1.54) is 55.8 Å². The maximum absolute atomic E-state index is 16.6. The van der Waals surface area contributed by atoms with Crippen molar-refractivity contribution >= 4 is 70.3 Å². The van der Waals surface area contributed by atoms with Gasteiger partial charge in [0.1, 0.15) is 102 Å². The summed E-state index contributed by atoms with van der Waals surface area (Å²) in [5.41, 5.74) is 9.85. The van der Waals surface area contributed by atoms with Crippen molar-refractivity contribution in [3.05, 3.63) is 153 Å². The molecule has 23 atom stereocenters. The monoisotopic (exact) mass is 1820 g/mol. The van der Waals surface area contributed by atoms with Crippen LogP contribution in [0.1, 0.15) is 183 Å². The molecule has 37 heteroatoms. The van der Waals surface area contributed by atoms with Crippen LogP contribution in [0.15, 0.2) is 109 Å². The smallest absolute Gasteiger partial charge is 0.330 e. The van der Waals surface area contributed by atoms with Crippen molar-refractivity contribution in [2.75, 3.05) is 19.7 Å². The van der Waals surface area contributed by atoms with Gasteiger partial charge < -0.3 is 132 Å². The Labute approximate surface area is 748 Å². The second-order valence-electron chi connectivity index (χ2n) is 34.7. The van der Waals surface area contributed by atoms with Crippen LogP contribution in [0.2, 0.25) is 10.0 Å². The van der Waals surface area contributed by atoms with E-state index in [4.69, 9.17) is 72.6 Å². The minimum Gasteiger partial charge on any atom is -0.508 e. The molecule has 0 spiro atoms. The first-order valence-corrected chi connectivity index (χ1v) is 43.3. The lowest BCUT2D eigenvalue weighted by Gasteiger charge is -2.46. The third-order valence-electron chi connectivity index (χ3n) is 24.8. The highest BCUT2D eigenvalue weighted by Gasteiger charge is 2.53. The quantitative estimate of drug-likeness (QED) is 0.0324. The number of carbonyl (C=O) groups excluding carboxylic acids is 7. The number of nitrogens with zero attached hydrogens (tertiary/aromatic N) is 1. The predicted octanol–water partition coefficient (Wildman–Crippen LogP) is 6.46. The molecule has 0 radical (unpaired) electrons. The molecule has 9 aliphatic rings. The van der Waals surface area contributed by atoms with Crippen molar-refractivity contribution < 1.29 is 138 Å². The van der Waals surface area contributed by atoms with Crippen molar-refractivity contribution in [3.8, 4) is 57.1 Å². The van der Waals surface area contributed by atoms with Gasteiger partial charge in [0.05, 0.1) is 46.8 Å². The third-order valence-corrected chi connectivity index (χ3v) is 25.4. The summed E-state index contributed by atoms with van der Waals surface area (Å²) in [5, 5.41) is 150. The number of phenolic OH excluding ortho intramolecular Hbond substituents is 3. The van der Waals surface area contributed by atoms with E-state index in [-0.39, 0.29) is 60.1 Å². The lowest BCUT2D eigenvalue weighted by atomic mass is 9.84. The number of piperidine rings is 1. The number of carboxylic acids is 1. The van der Waals surface area contributed by atoms with Crippen LogP contribution < -0.4 is 46.9 Å². The van der Waals surface area contributed by atoms with Gasteiger partial charge in [0.2, 0.25) is 41.6 Å². The van der Waals surface area contributed by atoms with Gasteiger partial charge >= 0.3 is 5.97 Å². The van der Waals surface area contributed by atoms with Gasteiger partial charge in [-0.1, -0.05) is 119 Å². The number of aliphatic carboxylic acids is 1. The standard InChI is InChI=1S/C90H109Cl2N7O28.CH4/c1-6-44(26-40(2)3)83(114)97-71-58(104)30-49(33-66(93)106)84(115)95-69-48-31-63(121-60-20-17-46(73(71)107)28-54(60)91)80(126-89-78(112)76(110)81(65(39-100)124-89)127-88-77(111)75(109)74(108)62(123-88)15-11-10-12-42-22-24-99(25-23-42)38-43-13-8-7-9-14-43)64(32-48)122-61-21-18-47(29-55(61)92)79(125-67-37-90(5,94)82(113)41(4)120-67)72-86(117)96-70(87(118)119)53-34-50(101)35-57(103)68(53)52-27-45(16-19-56(52)102)51(36-59(69)105)85(116)98-72;/h7-9,13-14,16-21,27-29,31-32,34-35,40-42,44,49,51,62,65,67,69-79,81-82,88-89,100-103,107-113H,6,10-12,15,22-26,30,33,36-39,94H2,1-5H3,(H2,93,106)(H,95,115)(H,96,117)(H,97,114)(H,98,116)(H,118,119);1H4/t41-,44+,49-,51+,62+,65+,67?,69+,70+,71-,72-,73+,74-,75-,76+,77+,78+,79+,81+,82-,88-,89-,90-;/m0./s1. The summed E-state index contributed by atoms with van der Waals surface area (Å²) in [6, 6.07) is 15.9. The first kappa shape index (κ1) is 97.3. The number of fused-ring (bicyclic) bond motifs is 15. The first-order chi connectivity index (χ1) is 60.4. The molecule has 0 aromatic heterocycles. The van der Waals surface area contributed by atoms with Gasteiger partial charge in [-0.3, -0.25) is 38.5 Å². The number of nitrogens with two attached hydrogens (primary N) is 2. The van der Waals surface area contributed by atoms with Gasteiger partial charge in [-0.2, -0.15) is 0 Å². The maximum atomic E-state index is 16.6. The molecule has 6 aromatic rings. The topological polar surface area (TPSA) is 557 Å². The Hall–Kier alpha value is -9.74. The molecule has 1 unspecified atom stereocenters. The Morgan fingerprint density at radius 3 is 1.95 bits per heavy atom. The van der Waals surface area contributed by atoms with Crippen molar-refractivity contribution in [3.63, 3.8) is 0 Å². The Kier molecular flexibility index (Phi) is 31.6. The highest BCUT2D eigenvalue weighted by Crippen LogP contribution is 2.51. The number of aliphatic hydroxyl groups is 8. The number of amides is 5. The zero-order chi connectivity index (χ0) is 91.5. The van der Waals surface area contributed by atoms with Crippen LogP contribution in [0, 0.1) is 23.7 Å². The highest BCUT2D eigenvalue weighted by molar-refractivity contribution is 6.32. The number of benzene rings is 6. The highest BCUT2D eigenvalue weighted by atomic mass is 35.5. The largest absolute Gasteiger partial charge is 0.508 e. The van der Waals surface area contributed by atoms with Crippen molar-refractivity contribution in [1.29, 1.82) is 0 Å². The zero-order valence-corrected chi connectivity index (χ0v) is 71.8. The number of nitrogens with one attached hydrogen (secondary N) is 4. The number of rotatable bonds is 22. The Morgan fingerprint density at radius 2 is 1.32 bits per heavy atom. The van der Waals surface area contributed by atoms with Gasteiger partial charge in [-0.25, -0.2) is 4.79 Å². The summed E-state index contributed by atoms with van der Waals surface area (Å²) in [5.74, 6) is -19.1. The Morgan fingerprint density at radius 1 is 0.680 bits per heavy atom. The van der Waals surface area contributed by atoms with Crippen LogP contribution in [0.5, 0.6) is 46.0 Å². The molecule has 4 saturated heterocycles. The molecule has 9 aliphatic heterocycles. The zero-order valence-electron chi connectivity index (χ0n) is 70.3. The fraction of sp³-hybridized carbons (Fsp3) is 0.516. The molecule has 0 aliphatic carbocycles. The molecule has 694 valence electrons. The van der Waals surface area contributed by atoms with E-state index in [1.807, 2.05) is 32.0 Å². The number of Topliss-reactive ketones (excluding diaryl/α,β-unsaturated/α-hetero) is 2. The van der Waals surface area contributed by atoms with Crippen LogP contribution in [-0.2, 0) is 68.6 Å². The number of carbonyl (C=O) groups is 8. The molecule has 5 amide bonds. The second kappa shape index (κ2) is 41.6. The molecular formula is C91H113Cl2N7O28. The molecule has 15 rings (SSSR count). The molecule has 6 aromatic carbocycles. The normalized spacial score (nSPS) is 30.4. The fourth-order valence-corrected chi connectivity index (χ4v) is 18.3. The number of halogens is 2. The number of aliphatic hydroxyl groups excluding tert-OH is 8. The molecule has 0 saturated carbocycles. The molecular weight excluding hydrogens is 1710 g/mol. The Bertz CT molecular complexity index is 5020. The van der Waals surface area contributed by atoms with Gasteiger partial charge in [-0.05, 0) is 153 Å². The van der Waals surface area contributed by atoms with E-state index in [1.54, 1.807) is 6.92 Å². The summed E-state index contributed by atoms with van der Waals surface area (Å²) >= 11 is 14.6. The number of likely N-dealkylation sites (tertiary alicyclic amines) is 1. The van der Waals surface area contributed by atoms with Crippen LogP contribution in [0.3, 0.4) is 0 Å². The lowest BCUT2D eigenvalue weighted by molar-refractivity contribution is -0.351. The van der Waals surface area contributed by atoms with Gasteiger partial charge in [0.15, 0.2) is 41.7 Å². The molecule has 20 N–H and O–H groups in total. The van der Waals surface area contributed by atoms with Crippen molar-refractivity contribution in [2.24, 2.45) is 35.1 Å². The van der Waals surface area contributed by atoms with E-state index in [2.05, 4.69) is 38.3 Å². The van der Waals surface area contributed by atoms with E-state index >= 15 is 24.0 Å². The van der Waals surface area contributed by atoms with Crippen molar-refractivity contribution in [1.82, 2.24) is 26.2 Å². The summed E-state index contributed by atoms with van der Waals surface area (Å²) < 4.78 is 51.7. The van der Waals surface area contributed by atoms with Gasteiger partial charge in [0, 0.05) is 66.4 Å². The number of aromatic hydroxyl groups is 3. The fourth-order valence-electron chi connectivity index (χ4n) is 17.9. The van der Waals surface area contributed by atoms with Crippen LogP contribution in [-0.4, -0.2) is 230 Å². The number of primary amides is 1. The number of hydrogen-bond acceptors (Lipinski definition) is 29. The number of hydrogen-bond donors (Lipinski definition) is 18. The average molecular weight is 1820 g/mol. The number of ether oxygens (including phenoxy) is 8. The van der Waals surface area contributed by atoms with E-state index in [9.17, 15) is 75.7 Å². The number of carboxylic acid groups (broad SMARTS) is 1. The second-order valence-corrected chi connectivity index (χ2v) is 35.5. The van der Waals surface area contributed by atoms with E-state index in [0.29, 0.717) is 18.8 Å². The maximum Gasteiger partial charge on any atom is 0.330 e. The summed E-state index contributed by atoms with van der Waals surface area (Å²) in [6.07, 6.45) is -25.2. The third kappa shape index (κ3) is 22.0. The molecule has 11 bridgehead atoms. The van der Waals surface area contributed by atoms with Crippen molar-refractivity contribution in [2.45, 2.75) is 253 Å². The van der Waals surface area contributed by atoms with E-state index < -0.39 is 280 Å². The number of phenols is 3. The lowest BCUT2D eigenvalue weighted by Crippen LogP contribution is -2.64. The predicted molar refractivity (Wildman–Crippen MR) is 458 cm³/mol. The minimum atomic E-state index is -2.31. The van der Waals surface area contributed by atoms with Crippen LogP contribution in [0.4, 0.5) is 0 Å². The van der Waals surface area contributed by atoms with Crippen LogP contribution in [0.25, 0.3) is 11.1 Å². The molecule has 9 heterocycles. The summed E-state index contributed by atoms with van der Waals surface area (Å²) in [7, 11) is 0. The minimum absolute atomic E-state index is 0. The first-order valence-electron chi connectivity index (χ1n) is 42.5. The number of unbranched alkanes of at least 4 members (excludes halogenated alkanes) is 1. The van der Waals surface area contributed by atoms with Gasteiger partial charge in [0.25, 0.3) is 0 Å². The summed E-state index contributed by atoms with van der Waals surface area (Å²) in [6.45, 7) is 10.1. The SMILES string of the molecule is C.CC[C@H](CC(C)C)C(=O)N[C@H]1C(=O)C[C@@H](CC(N)=O)C(=O)N[C@H]2C(=O)C[C@H]3C(=O)N[C@H](C(=O)N[C@@H](C(=O)O)c4cc(O)cc(O)c4-c4cc3ccc4O)[C@H](OC3C[C@](C)(N)[C@@H](O)[C@H](C)O3)c3ccc(c(Cl)c3)Oc3cc2cc(c3O[C@@H]2O[C@H](CO)[C@@H](O[C@@H]3O[C@H](CCCCC4CCN(Cc5ccccc5)CC4)[C@H](O)[C@H](O)[C@H]3O)[C@H](O)[C@H]2O)Oc2ccc(cc2Cl)[C@H]1O. The average Bonchev–Trinajstić information content (AvgIpc) is 0.761. The number of ketones is 2.